The fraction of sp³-hybridized carbons (Fsp3) is 0.400. The van der Waals surface area contributed by atoms with Gasteiger partial charge in [0.05, 0.1) is 17.2 Å². The van der Waals surface area contributed by atoms with E-state index in [1.165, 1.54) is 24.8 Å². The zero-order valence-electron chi connectivity index (χ0n) is 15.0. The Morgan fingerprint density at radius 2 is 1.64 bits per heavy atom. The van der Waals surface area contributed by atoms with Crippen molar-refractivity contribution >= 4 is 15.7 Å². The van der Waals surface area contributed by atoms with Crippen molar-refractivity contribution in [2.24, 2.45) is 0 Å². The lowest BCUT2D eigenvalue weighted by molar-refractivity contribution is 0.342. The van der Waals surface area contributed by atoms with Crippen LogP contribution in [0.2, 0.25) is 0 Å². The van der Waals surface area contributed by atoms with Crippen molar-refractivity contribution in [1.29, 1.82) is 0 Å². The first-order valence-corrected chi connectivity index (χ1v) is 10.4. The summed E-state index contributed by atoms with van der Waals surface area (Å²) < 4.78 is 33.3. The third kappa shape index (κ3) is 5.78. The zero-order chi connectivity index (χ0) is 18.1. The number of unbranched alkanes of at least 4 members (excludes halogenated alkanes) is 3. The summed E-state index contributed by atoms with van der Waals surface area (Å²) in [5.74, 6) is 0.529. The smallest absolute Gasteiger partial charge is 0.262 e. The van der Waals surface area contributed by atoms with Gasteiger partial charge in [-0.3, -0.25) is 4.72 Å². The predicted molar refractivity (Wildman–Crippen MR) is 103 cm³/mol. The average Bonchev–Trinajstić information content (AvgIpc) is 2.61. The summed E-state index contributed by atoms with van der Waals surface area (Å²) in [7, 11) is -3.63. The van der Waals surface area contributed by atoms with Crippen molar-refractivity contribution in [1.82, 2.24) is 0 Å². The summed E-state index contributed by atoms with van der Waals surface area (Å²) in [6.07, 6.45) is 5.80. The van der Waals surface area contributed by atoms with Gasteiger partial charge in [-0.2, -0.15) is 0 Å². The van der Waals surface area contributed by atoms with Crippen LogP contribution in [-0.4, -0.2) is 15.0 Å². The third-order valence-corrected chi connectivity index (χ3v) is 5.37. The molecule has 0 spiro atoms. The second-order valence-corrected chi connectivity index (χ2v) is 7.67. The van der Waals surface area contributed by atoms with Crippen LogP contribution in [0.3, 0.4) is 0 Å². The number of ether oxygens (including phenoxy) is 1. The molecule has 0 aliphatic carbocycles. The molecule has 0 amide bonds. The Morgan fingerprint density at radius 1 is 0.920 bits per heavy atom. The van der Waals surface area contributed by atoms with E-state index in [-0.39, 0.29) is 4.90 Å². The number of hydrogen-bond acceptors (Lipinski definition) is 3. The van der Waals surface area contributed by atoms with Gasteiger partial charge in [-0.05, 0) is 49.6 Å². The van der Waals surface area contributed by atoms with Gasteiger partial charge in [0.2, 0.25) is 0 Å². The largest absolute Gasteiger partial charge is 0.492 e. The highest BCUT2D eigenvalue weighted by Gasteiger charge is 2.16. The summed E-state index contributed by atoms with van der Waals surface area (Å²) >= 11 is 0. The molecule has 2 rings (SSSR count). The molecule has 0 bridgehead atoms. The summed E-state index contributed by atoms with van der Waals surface area (Å²) in [5.41, 5.74) is 1.62. The van der Waals surface area contributed by atoms with Gasteiger partial charge in [0.1, 0.15) is 5.75 Å². The normalized spacial score (nSPS) is 11.3. The van der Waals surface area contributed by atoms with Crippen molar-refractivity contribution < 1.29 is 13.2 Å². The molecule has 0 aliphatic heterocycles. The van der Waals surface area contributed by atoms with Crippen molar-refractivity contribution in [2.45, 2.75) is 50.8 Å². The first-order valence-electron chi connectivity index (χ1n) is 8.90. The molecule has 5 heteroatoms. The van der Waals surface area contributed by atoms with Crippen molar-refractivity contribution in [3.8, 4) is 5.75 Å². The number of aryl methyl sites for hydroxylation is 1. The molecule has 136 valence electrons. The maximum atomic E-state index is 12.6. The first kappa shape index (κ1) is 19.3. The van der Waals surface area contributed by atoms with Crippen LogP contribution in [0.1, 0.15) is 45.1 Å². The van der Waals surface area contributed by atoms with E-state index in [9.17, 15) is 8.42 Å². The van der Waals surface area contributed by atoms with Gasteiger partial charge in [-0.25, -0.2) is 8.42 Å². The molecule has 2 aromatic carbocycles. The summed E-state index contributed by atoms with van der Waals surface area (Å²) in [5, 5.41) is 0. The minimum atomic E-state index is -3.63. The maximum absolute atomic E-state index is 12.6. The predicted octanol–water partition coefficient (Wildman–Crippen LogP) is 5.01. The molecule has 0 saturated carbocycles. The molecular weight excluding hydrogens is 334 g/mol. The molecule has 4 nitrogen and oxygen atoms in total. The number of anilines is 1. The van der Waals surface area contributed by atoms with Gasteiger partial charge < -0.3 is 4.74 Å². The minimum absolute atomic E-state index is 0.260. The van der Waals surface area contributed by atoms with E-state index in [4.69, 9.17) is 4.74 Å². The lowest BCUT2D eigenvalue weighted by atomic mass is 10.1. The van der Waals surface area contributed by atoms with E-state index in [1.54, 1.807) is 30.3 Å². The fourth-order valence-electron chi connectivity index (χ4n) is 2.63. The SMILES string of the molecule is CCCCCCc1ccc(S(=O)(=O)Nc2ccccc2OCC)cc1. The molecule has 0 saturated heterocycles. The summed E-state index contributed by atoms with van der Waals surface area (Å²) in [4.78, 5) is 0.260. The standard InChI is InChI=1S/C20H27NO3S/c1-3-5-6-7-10-17-13-15-18(16-14-17)25(22,23)21-19-11-8-9-12-20(19)24-4-2/h8-9,11-16,21H,3-7,10H2,1-2H3. The molecule has 0 unspecified atom stereocenters. The number of para-hydroxylation sites is 2. The topological polar surface area (TPSA) is 55.4 Å². The van der Waals surface area contributed by atoms with E-state index in [0.717, 1.165) is 12.8 Å². The first-order chi connectivity index (χ1) is 12.1. The highest BCUT2D eigenvalue weighted by atomic mass is 32.2. The van der Waals surface area contributed by atoms with Crippen LogP contribution in [0.5, 0.6) is 5.75 Å². The van der Waals surface area contributed by atoms with E-state index in [1.807, 2.05) is 25.1 Å². The van der Waals surface area contributed by atoms with E-state index >= 15 is 0 Å². The minimum Gasteiger partial charge on any atom is -0.492 e. The number of hydrogen-bond donors (Lipinski definition) is 1. The molecular formula is C20H27NO3S. The van der Waals surface area contributed by atoms with Crippen molar-refractivity contribution in [2.75, 3.05) is 11.3 Å². The molecule has 0 atom stereocenters. The van der Waals surface area contributed by atoms with Crippen LogP contribution in [-0.2, 0) is 16.4 Å². The maximum Gasteiger partial charge on any atom is 0.262 e. The van der Waals surface area contributed by atoms with Crippen molar-refractivity contribution in [3.05, 3.63) is 54.1 Å². The molecule has 0 heterocycles. The van der Waals surface area contributed by atoms with Gasteiger partial charge in [0.25, 0.3) is 10.0 Å². The van der Waals surface area contributed by atoms with Crippen LogP contribution in [0.15, 0.2) is 53.4 Å². The van der Waals surface area contributed by atoms with Crippen LogP contribution in [0.25, 0.3) is 0 Å². The zero-order valence-corrected chi connectivity index (χ0v) is 15.8. The van der Waals surface area contributed by atoms with Crippen molar-refractivity contribution in [3.63, 3.8) is 0 Å². The van der Waals surface area contributed by atoms with Crippen LogP contribution in [0, 0.1) is 0 Å². The number of benzene rings is 2. The van der Waals surface area contributed by atoms with E-state index in [2.05, 4.69) is 11.6 Å². The highest BCUT2D eigenvalue weighted by Crippen LogP contribution is 2.26. The van der Waals surface area contributed by atoms with Gasteiger partial charge in [-0.15, -0.1) is 0 Å². The van der Waals surface area contributed by atoms with Gasteiger partial charge in [-0.1, -0.05) is 50.5 Å². The molecule has 0 aromatic heterocycles. The molecule has 0 radical (unpaired) electrons. The van der Waals surface area contributed by atoms with E-state index < -0.39 is 10.0 Å². The monoisotopic (exact) mass is 361 g/mol. The number of nitrogens with one attached hydrogen (secondary N) is 1. The molecule has 0 fully saturated rings. The van der Waals surface area contributed by atoms with Gasteiger partial charge in [0.15, 0.2) is 0 Å². The fourth-order valence-corrected chi connectivity index (χ4v) is 3.70. The Bertz CT molecular complexity index is 755. The Balaban J connectivity index is 2.07. The Labute approximate surface area is 151 Å². The number of sulfonamides is 1. The van der Waals surface area contributed by atoms with E-state index in [0.29, 0.717) is 18.0 Å². The van der Waals surface area contributed by atoms with Gasteiger partial charge >= 0.3 is 0 Å². The third-order valence-electron chi connectivity index (χ3n) is 3.98. The van der Waals surface area contributed by atoms with Crippen LogP contribution in [0.4, 0.5) is 5.69 Å². The number of rotatable bonds is 10. The Kier molecular flexibility index (Phi) is 7.31. The van der Waals surface area contributed by atoms with Crippen LogP contribution >= 0.6 is 0 Å². The quantitative estimate of drug-likeness (QED) is 0.605. The Hall–Kier alpha value is -2.01. The lowest BCUT2D eigenvalue weighted by Gasteiger charge is -2.13. The molecule has 1 N–H and O–H groups in total. The van der Waals surface area contributed by atoms with Gasteiger partial charge in [0, 0.05) is 0 Å². The van der Waals surface area contributed by atoms with Crippen LogP contribution < -0.4 is 9.46 Å². The Morgan fingerprint density at radius 3 is 2.32 bits per heavy atom. The highest BCUT2D eigenvalue weighted by molar-refractivity contribution is 7.92. The second-order valence-electron chi connectivity index (χ2n) is 5.99. The molecule has 0 aliphatic rings. The molecule has 25 heavy (non-hydrogen) atoms. The summed E-state index contributed by atoms with van der Waals surface area (Å²) in [6.45, 7) is 4.53. The lowest BCUT2D eigenvalue weighted by Crippen LogP contribution is -2.14. The second kappa shape index (κ2) is 9.47. The summed E-state index contributed by atoms with van der Waals surface area (Å²) in [6, 6.07) is 14.2. The average molecular weight is 362 g/mol. The molecule has 2 aromatic rings.